The molecule has 0 saturated carbocycles. The highest BCUT2D eigenvalue weighted by atomic mass is 35.5. The normalized spacial score (nSPS) is 10.7. The van der Waals surface area contributed by atoms with Crippen LogP contribution in [-0.4, -0.2) is 23.2 Å². The molecule has 0 spiro atoms. The molecule has 7 heteroatoms. The number of carbonyl (C=O) groups is 1. The lowest BCUT2D eigenvalue weighted by molar-refractivity contribution is 0.102. The van der Waals surface area contributed by atoms with Crippen molar-refractivity contribution in [2.45, 2.75) is 19.8 Å². The molecule has 1 amide bonds. The Labute approximate surface area is 125 Å². The van der Waals surface area contributed by atoms with Gasteiger partial charge in [0.15, 0.2) is 0 Å². The van der Waals surface area contributed by atoms with Crippen LogP contribution in [-0.2, 0) is 0 Å². The van der Waals surface area contributed by atoms with E-state index in [4.69, 9.17) is 16.3 Å². The van der Waals surface area contributed by atoms with E-state index in [2.05, 4.69) is 15.5 Å². The minimum atomic E-state index is -0.277. The Balaban J connectivity index is 2.13. The van der Waals surface area contributed by atoms with Crippen LogP contribution in [0.15, 0.2) is 18.2 Å². The van der Waals surface area contributed by atoms with Gasteiger partial charge in [-0.25, -0.2) is 0 Å². The van der Waals surface area contributed by atoms with Crippen molar-refractivity contribution in [3.05, 3.63) is 33.8 Å². The van der Waals surface area contributed by atoms with Crippen LogP contribution >= 0.6 is 22.9 Å². The highest BCUT2D eigenvalue weighted by molar-refractivity contribution is 7.15. The van der Waals surface area contributed by atoms with E-state index >= 15 is 0 Å². The Kier molecular flexibility index (Phi) is 4.57. The molecule has 1 aromatic heterocycles. The van der Waals surface area contributed by atoms with Crippen molar-refractivity contribution in [2.75, 3.05) is 12.4 Å². The average molecular weight is 312 g/mol. The Morgan fingerprint density at radius 3 is 2.70 bits per heavy atom. The van der Waals surface area contributed by atoms with E-state index in [9.17, 15) is 4.79 Å². The van der Waals surface area contributed by atoms with Crippen LogP contribution in [0, 0.1) is 0 Å². The summed E-state index contributed by atoms with van der Waals surface area (Å²) in [5.74, 6) is 0.538. The van der Waals surface area contributed by atoms with E-state index < -0.39 is 0 Å². The van der Waals surface area contributed by atoms with Gasteiger partial charge in [-0.2, -0.15) is 0 Å². The van der Waals surface area contributed by atoms with E-state index in [1.165, 1.54) is 18.4 Å². The van der Waals surface area contributed by atoms with Crippen molar-refractivity contribution in [1.29, 1.82) is 0 Å². The molecule has 0 atom stereocenters. The van der Waals surface area contributed by atoms with Crippen LogP contribution in [0.1, 0.15) is 35.1 Å². The molecule has 2 rings (SSSR count). The van der Waals surface area contributed by atoms with E-state index in [0.29, 0.717) is 21.5 Å². The molecule has 0 bridgehead atoms. The number of rotatable bonds is 4. The number of aromatic nitrogens is 2. The number of nitrogens with zero attached hydrogens (tertiary/aromatic N) is 2. The molecule has 0 aliphatic heterocycles. The molecular formula is C13H14ClN3O2S. The van der Waals surface area contributed by atoms with Crippen molar-refractivity contribution in [1.82, 2.24) is 10.2 Å². The topological polar surface area (TPSA) is 64.1 Å². The van der Waals surface area contributed by atoms with Gasteiger partial charge in [-0.15, -0.1) is 10.2 Å². The Morgan fingerprint density at radius 2 is 2.15 bits per heavy atom. The van der Waals surface area contributed by atoms with Gasteiger partial charge in [-0.3, -0.25) is 10.1 Å². The molecule has 0 unspecified atom stereocenters. The fourth-order valence-corrected chi connectivity index (χ4v) is 2.49. The minimum absolute atomic E-state index is 0.277. The monoisotopic (exact) mass is 311 g/mol. The van der Waals surface area contributed by atoms with Gasteiger partial charge < -0.3 is 4.74 Å². The predicted octanol–water partition coefficient (Wildman–Crippen LogP) is 3.58. The molecule has 0 aliphatic carbocycles. The Morgan fingerprint density at radius 1 is 1.40 bits per heavy atom. The lowest BCUT2D eigenvalue weighted by Gasteiger charge is -2.05. The third-order valence-electron chi connectivity index (χ3n) is 2.57. The van der Waals surface area contributed by atoms with Gasteiger partial charge in [0.2, 0.25) is 5.13 Å². The number of ether oxygens (including phenoxy) is 1. The molecule has 0 aliphatic rings. The van der Waals surface area contributed by atoms with E-state index in [-0.39, 0.29) is 11.8 Å². The van der Waals surface area contributed by atoms with Gasteiger partial charge in [-0.1, -0.05) is 36.8 Å². The summed E-state index contributed by atoms with van der Waals surface area (Å²) in [7, 11) is 1.52. The van der Waals surface area contributed by atoms with Crippen molar-refractivity contribution < 1.29 is 9.53 Å². The lowest BCUT2D eigenvalue weighted by Crippen LogP contribution is -2.11. The second kappa shape index (κ2) is 6.19. The molecule has 5 nitrogen and oxygen atoms in total. The summed E-state index contributed by atoms with van der Waals surface area (Å²) in [6.45, 7) is 4.05. The van der Waals surface area contributed by atoms with E-state index in [1.54, 1.807) is 18.2 Å². The summed E-state index contributed by atoms with van der Waals surface area (Å²) in [6.07, 6.45) is 0. The zero-order valence-electron chi connectivity index (χ0n) is 11.3. The van der Waals surface area contributed by atoms with Gasteiger partial charge in [0.05, 0.1) is 12.1 Å². The number of halogens is 1. The first-order chi connectivity index (χ1) is 9.51. The zero-order chi connectivity index (χ0) is 14.7. The van der Waals surface area contributed by atoms with Crippen LogP contribution in [0.25, 0.3) is 0 Å². The van der Waals surface area contributed by atoms with Gasteiger partial charge >= 0.3 is 0 Å². The largest absolute Gasteiger partial charge is 0.495 e. The number of anilines is 1. The maximum atomic E-state index is 12.1. The molecule has 0 fully saturated rings. The molecule has 20 heavy (non-hydrogen) atoms. The summed E-state index contributed by atoms with van der Waals surface area (Å²) in [6, 6.07) is 4.85. The van der Waals surface area contributed by atoms with Crippen LogP contribution in [0.5, 0.6) is 5.75 Å². The fourth-order valence-electron chi connectivity index (χ4n) is 1.50. The fraction of sp³-hybridized carbons (Fsp3) is 0.308. The Hall–Kier alpha value is -1.66. The van der Waals surface area contributed by atoms with Crippen molar-refractivity contribution in [3.63, 3.8) is 0 Å². The molecule has 1 aromatic carbocycles. The minimum Gasteiger partial charge on any atom is -0.495 e. The first-order valence-corrected chi connectivity index (χ1v) is 7.19. The molecule has 106 valence electrons. The first-order valence-electron chi connectivity index (χ1n) is 5.99. The molecule has 2 aromatic rings. The van der Waals surface area contributed by atoms with Gasteiger partial charge in [0, 0.05) is 11.5 Å². The summed E-state index contributed by atoms with van der Waals surface area (Å²) in [4.78, 5) is 12.1. The average Bonchev–Trinajstić information content (AvgIpc) is 2.87. The number of hydrogen-bond acceptors (Lipinski definition) is 5. The number of nitrogens with one attached hydrogen (secondary N) is 1. The van der Waals surface area contributed by atoms with E-state index in [0.717, 1.165) is 5.01 Å². The number of hydrogen-bond donors (Lipinski definition) is 1. The van der Waals surface area contributed by atoms with Crippen LogP contribution < -0.4 is 10.1 Å². The van der Waals surface area contributed by atoms with Gasteiger partial charge in [-0.05, 0) is 18.2 Å². The molecule has 1 heterocycles. The van der Waals surface area contributed by atoms with Crippen LogP contribution in [0.3, 0.4) is 0 Å². The number of methoxy groups -OCH3 is 1. The second-order valence-electron chi connectivity index (χ2n) is 4.40. The molecule has 0 radical (unpaired) electrons. The molecular weight excluding hydrogens is 298 g/mol. The van der Waals surface area contributed by atoms with Crippen molar-refractivity contribution in [2.24, 2.45) is 0 Å². The summed E-state index contributed by atoms with van der Waals surface area (Å²) < 4.78 is 5.04. The van der Waals surface area contributed by atoms with E-state index in [1.807, 2.05) is 13.8 Å². The van der Waals surface area contributed by atoms with Crippen LogP contribution in [0.4, 0.5) is 5.13 Å². The highest BCUT2D eigenvalue weighted by Gasteiger charge is 2.13. The van der Waals surface area contributed by atoms with Crippen LogP contribution in [0.2, 0.25) is 5.02 Å². The maximum absolute atomic E-state index is 12.1. The van der Waals surface area contributed by atoms with Gasteiger partial charge in [0.25, 0.3) is 5.91 Å². The summed E-state index contributed by atoms with van der Waals surface area (Å²) in [5, 5.41) is 12.4. The first kappa shape index (κ1) is 14.7. The molecule has 1 N–H and O–H groups in total. The Bertz CT molecular complexity index is 628. The number of amides is 1. The third kappa shape index (κ3) is 3.26. The third-order valence-corrected chi connectivity index (χ3v) is 4.00. The smallest absolute Gasteiger partial charge is 0.257 e. The number of benzene rings is 1. The van der Waals surface area contributed by atoms with Crippen molar-refractivity contribution >= 4 is 34.0 Å². The lowest BCUT2D eigenvalue weighted by atomic mass is 10.2. The second-order valence-corrected chi connectivity index (χ2v) is 5.82. The summed E-state index contributed by atoms with van der Waals surface area (Å²) >= 11 is 7.36. The summed E-state index contributed by atoms with van der Waals surface area (Å²) in [5.41, 5.74) is 0.442. The molecule has 0 saturated heterocycles. The highest BCUT2D eigenvalue weighted by Crippen LogP contribution is 2.26. The number of carbonyl (C=O) groups excluding carboxylic acids is 1. The predicted molar refractivity (Wildman–Crippen MR) is 80.0 cm³/mol. The standard InChI is InChI=1S/C13H14ClN3O2S/c1-7(2)12-16-17-13(20-12)15-11(18)8-4-5-10(19-3)9(14)6-8/h4-7H,1-3H3,(H,15,17,18). The zero-order valence-corrected chi connectivity index (χ0v) is 12.9. The quantitative estimate of drug-likeness (QED) is 0.937. The van der Waals surface area contributed by atoms with Crippen molar-refractivity contribution in [3.8, 4) is 5.75 Å². The maximum Gasteiger partial charge on any atom is 0.257 e. The van der Waals surface area contributed by atoms with Gasteiger partial charge in [0.1, 0.15) is 10.8 Å². The SMILES string of the molecule is COc1ccc(C(=O)Nc2nnc(C(C)C)s2)cc1Cl.